The molecule has 1 amide bonds. The first-order valence-corrected chi connectivity index (χ1v) is 7.17. The van der Waals surface area contributed by atoms with Crippen molar-refractivity contribution in [1.29, 1.82) is 0 Å². The van der Waals surface area contributed by atoms with Crippen molar-refractivity contribution in [2.24, 2.45) is 0 Å². The molecule has 0 fully saturated rings. The summed E-state index contributed by atoms with van der Waals surface area (Å²) in [6.07, 6.45) is -0.790. The fourth-order valence-corrected chi connectivity index (χ4v) is 2.38. The largest absolute Gasteiger partial charge is 0.385 e. The van der Waals surface area contributed by atoms with Gasteiger partial charge in [-0.25, -0.2) is 9.37 Å². The molecule has 0 aliphatic heterocycles. The van der Waals surface area contributed by atoms with Crippen molar-refractivity contribution in [3.63, 3.8) is 0 Å². The number of aromatic amines is 2. The number of aromatic nitrogens is 4. The molecular weight excluding hydrogens is 325 g/mol. The first-order chi connectivity index (χ1) is 10.9. The highest BCUT2D eigenvalue weighted by molar-refractivity contribution is 6.35. The van der Waals surface area contributed by atoms with Gasteiger partial charge in [-0.05, 0) is 25.1 Å². The van der Waals surface area contributed by atoms with Crippen LogP contribution in [0, 0.1) is 5.82 Å². The zero-order valence-corrected chi connectivity index (χ0v) is 12.8. The summed E-state index contributed by atoms with van der Waals surface area (Å²) in [7, 11) is 0. The van der Waals surface area contributed by atoms with Crippen molar-refractivity contribution in [3.8, 4) is 0 Å². The van der Waals surface area contributed by atoms with Crippen molar-refractivity contribution in [3.05, 3.63) is 46.4 Å². The number of aliphatic hydroxyl groups excluding tert-OH is 1. The molecule has 1 aromatic carbocycles. The molecule has 0 saturated carbocycles. The van der Waals surface area contributed by atoms with Crippen LogP contribution in [0.25, 0.3) is 10.9 Å². The average Bonchev–Trinajstić information content (AvgIpc) is 3.11. The molecule has 2 aromatic heterocycles. The second-order valence-corrected chi connectivity index (χ2v) is 5.44. The third-order valence-corrected chi connectivity index (χ3v) is 3.55. The summed E-state index contributed by atoms with van der Waals surface area (Å²) in [6.45, 7) is 1.65. The second kappa shape index (κ2) is 5.98. The highest BCUT2D eigenvalue weighted by atomic mass is 35.5. The Labute approximate surface area is 134 Å². The lowest BCUT2D eigenvalue weighted by molar-refractivity contribution is 0.0945. The molecule has 0 saturated heterocycles. The van der Waals surface area contributed by atoms with Crippen molar-refractivity contribution in [1.82, 2.24) is 25.5 Å². The molecule has 0 unspecified atom stereocenters. The molecule has 3 aromatic rings. The Bertz CT molecular complexity index is 873. The number of carbonyl (C=O) groups excluding carboxylic acids is 1. The summed E-state index contributed by atoms with van der Waals surface area (Å²) in [5, 5.41) is 19.2. The molecule has 4 N–H and O–H groups in total. The van der Waals surface area contributed by atoms with Crippen LogP contribution in [0.4, 0.5) is 4.39 Å². The monoisotopic (exact) mass is 337 g/mol. The molecule has 9 heteroatoms. The number of halogens is 2. The molecule has 0 radical (unpaired) electrons. The topological polar surface area (TPSA) is 107 Å². The fraction of sp³-hybridized carbons (Fsp3) is 0.214. The van der Waals surface area contributed by atoms with E-state index in [0.29, 0.717) is 16.7 Å². The Balaban J connectivity index is 1.74. The lowest BCUT2D eigenvalue weighted by atomic mass is 10.2. The summed E-state index contributed by atoms with van der Waals surface area (Å²) in [5.74, 6) is -0.215. The van der Waals surface area contributed by atoms with Gasteiger partial charge >= 0.3 is 0 Å². The highest BCUT2D eigenvalue weighted by Crippen LogP contribution is 2.25. The van der Waals surface area contributed by atoms with E-state index in [1.165, 1.54) is 12.1 Å². The maximum Gasteiger partial charge on any atom is 0.268 e. The summed E-state index contributed by atoms with van der Waals surface area (Å²) in [5.41, 5.74) is 0.693. The number of nitrogens with zero attached hydrogens (tertiary/aromatic N) is 2. The lowest BCUT2D eigenvalue weighted by Gasteiger charge is -2.00. The van der Waals surface area contributed by atoms with Crippen molar-refractivity contribution in [2.45, 2.75) is 19.6 Å². The summed E-state index contributed by atoms with van der Waals surface area (Å²) < 4.78 is 13.3. The predicted molar refractivity (Wildman–Crippen MR) is 81.5 cm³/mol. The summed E-state index contributed by atoms with van der Waals surface area (Å²) in [4.78, 5) is 19.0. The Morgan fingerprint density at radius 2 is 2.26 bits per heavy atom. The van der Waals surface area contributed by atoms with Crippen LogP contribution in [-0.2, 0) is 6.54 Å². The average molecular weight is 338 g/mol. The molecule has 23 heavy (non-hydrogen) atoms. The van der Waals surface area contributed by atoms with Crippen LogP contribution < -0.4 is 5.32 Å². The Hall–Kier alpha value is -2.45. The van der Waals surface area contributed by atoms with Crippen LogP contribution >= 0.6 is 11.6 Å². The SMILES string of the molecule is C[C@H](O)c1n[nH]c(CNC(=O)c2cc3c(Cl)cc(F)cc3[nH]2)n1. The van der Waals surface area contributed by atoms with E-state index in [0.717, 1.165) is 0 Å². The van der Waals surface area contributed by atoms with Gasteiger partial charge in [0.2, 0.25) is 0 Å². The van der Waals surface area contributed by atoms with Gasteiger partial charge in [0.25, 0.3) is 5.91 Å². The van der Waals surface area contributed by atoms with Gasteiger partial charge < -0.3 is 15.4 Å². The summed E-state index contributed by atoms with van der Waals surface area (Å²) in [6, 6.07) is 4.00. The van der Waals surface area contributed by atoms with Crippen molar-refractivity contribution < 1.29 is 14.3 Å². The first-order valence-electron chi connectivity index (χ1n) is 6.79. The van der Waals surface area contributed by atoms with Gasteiger partial charge in [0.15, 0.2) is 5.82 Å². The molecule has 7 nitrogen and oxygen atoms in total. The zero-order valence-electron chi connectivity index (χ0n) is 12.0. The zero-order chi connectivity index (χ0) is 16.6. The third-order valence-electron chi connectivity index (χ3n) is 3.24. The number of hydrogen-bond donors (Lipinski definition) is 4. The first kappa shape index (κ1) is 15.4. The van der Waals surface area contributed by atoms with E-state index in [1.807, 2.05) is 0 Å². The number of amides is 1. The minimum Gasteiger partial charge on any atom is -0.385 e. The van der Waals surface area contributed by atoms with Crippen molar-refractivity contribution >= 4 is 28.4 Å². The predicted octanol–water partition coefficient (Wildman–Crippen LogP) is 2.06. The number of rotatable bonds is 4. The van der Waals surface area contributed by atoms with Crippen LogP contribution in [0.2, 0.25) is 5.02 Å². The van der Waals surface area contributed by atoms with Gasteiger partial charge in [-0.1, -0.05) is 11.6 Å². The number of aliphatic hydroxyl groups is 1. The maximum absolute atomic E-state index is 13.3. The number of fused-ring (bicyclic) bond motifs is 1. The smallest absolute Gasteiger partial charge is 0.268 e. The van der Waals surface area contributed by atoms with E-state index in [9.17, 15) is 14.3 Å². The normalized spacial score (nSPS) is 12.5. The molecule has 0 aliphatic rings. The van der Waals surface area contributed by atoms with Gasteiger partial charge in [-0.3, -0.25) is 9.89 Å². The van der Waals surface area contributed by atoms with Crippen LogP contribution in [0.1, 0.15) is 35.2 Å². The van der Waals surface area contributed by atoms with E-state index in [-0.39, 0.29) is 23.1 Å². The molecule has 0 aliphatic carbocycles. The maximum atomic E-state index is 13.3. The van der Waals surface area contributed by atoms with Gasteiger partial charge in [0, 0.05) is 5.39 Å². The quantitative estimate of drug-likeness (QED) is 0.584. The molecule has 120 valence electrons. The molecule has 0 spiro atoms. The Kier molecular flexibility index (Phi) is 4.01. The summed E-state index contributed by atoms with van der Waals surface area (Å²) >= 11 is 5.95. The van der Waals surface area contributed by atoms with Gasteiger partial charge in [-0.15, -0.1) is 0 Å². The van der Waals surface area contributed by atoms with Gasteiger partial charge in [0.1, 0.15) is 23.4 Å². The highest BCUT2D eigenvalue weighted by Gasteiger charge is 2.14. The Morgan fingerprint density at radius 3 is 2.96 bits per heavy atom. The molecular formula is C14H13ClFN5O2. The Morgan fingerprint density at radius 1 is 1.48 bits per heavy atom. The van der Waals surface area contributed by atoms with E-state index in [1.54, 1.807) is 13.0 Å². The number of H-pyrrole nitrogens is 2. The van der Waals surface area contributed by atoms with Crippen LogP contribution in [0.3, 0.4) is 0 Å². The van der Waals surface area contributed by atoms with E-state index in [4.69, 9.17) is 11.6 Å². The fourth-order valence-electron chi connectivity index (χ4n) is 2.12. The lowest BCUT2D eigenvalue weighted by Crippen LogP contribution is -2.23. The molecule has 1 atom stereocenters. The van der Waals surface area contributed by atoms with E-state index >= 15 is 0 Å². The molecule has 3 rings (SSSR count). The minimum absolute atomic E-state index is 0.107. The number of hydrogen-bond acceptors (Lipinski definition) is 4. The van der Waals surface area contributed by atoms with Crippen LogP contribution in [0.15, 0.2) is 18.2 Å². The number of benzene rings is 1. The van der Waals surface area contributed by atoms with E-state index < -0.39 is 17.8 Å². The second-order valence-electron chi connectivity index (χ2n) is 5.03. The molecule has 0 bridgehead atoms. The van der Waals surface area contributed by atoms with Crippen LogP contribution in [-0.4, -0.2) is 31.2 Å². The third kappa shape index (κ3) is 3.17. The van der Waals surface area contributed by atoms with Crippen molar-refractivity contribution in [2.75, 3.05) is 0 Å². The van der Waals surface area contributed by atoms with Crippen LogP contribution in [0.5, 0.6) is 0 Å². The number of carbonyl (C=O) groups is 1. The van der Waals surface area contributed by atoms with Gasteiger partial charge in [-0.2, -0.15) is 5.10 Å². The van der Waals surface area contributed by atoms with Gasteiger partial charge in [0.05, 0.1) is 17.1 Å². The van der Waals surface area contributed by atoms with E-state index in [2.05, 4.69) is 25.5 Å². The number of nitrogens with one attached hydrogen (secondary N) is 3. The molecule has 2 heterocycles. The minimum atomic E-state index is -0.790. The standard InChI is InChI=1S/C14H13ClFN5O2/c1-6(22)13-19-12(20-21-13)5-17-14(23)11-4-8-9(15)2-7(16)3-10(8)18-11/h2-4,6,18,22H,5H2,1H3,(H,17,23)(H,19,20,21)/t6-/m0/s1.